The van der Waals surface area contributed by atoms with Crippen LogP contribution in [0.5, 0.6) is 5.75 Å². The molecule has 1 amide bonds. The number of hydrogen-bond acceptors (Lipinski definition) is 5. The van der Waals surface area contributed by atoms with Crippen molar-refractivity contribution in [1.82, 2.24) is 10.4 Å². The molecule has 1 aromatic rings. The van der Waals surface area contributed by atoms with Gasteiger partial charge in [0.15, 0.2) is 0 Å². The van der Waals surface area contributed by atoms with Gasteiger partial charge in [-0.2, -0.15) is 0 Å². The summed E-state index contributed by atoms with van der Waals surface area (Å²) in [5.74, 6) is 1.81. The number of nitrogens with zero attached hydrogens (tertiary/aromatic N) is 1. The fraction of sp³-hybridized carbons (Fsp3) is 0.353. The number of benzene rings is 1. The highest BCUT2D eigenvalue weighted by atomic mass is 32.2. The van der Waals surface area contributed by atoms with Gasteiger partial charge in [0.05, 0.1) is 22.7 Å². The number of rotatable bonds is 3. The highest BCUT2D eigenvalue weighted by molar-refractivity contribution is 8.04. The molecule has 0 saturated carbocycles. The summed E-state index contributed by atoms with van der Waals surface area (Å²) in [6.07, 6.45) is 1.02. The molecule has 9 heteroatoms. The summed E-state index contributed by atoms with van der Waals surface area (Å²) in [5.41, 5.74) is 3.77. The number of carbonyl (C=O) groups is 1. The molecule has 2 heterocycles. The Bertz CT molecular complexity index is 828. The lowest BCUT2D eigenvalue weighted by Gasteiger charge is -2.44. The topological polar surface area (TPSA) is 53.6 Å². The first kappa shape index (κ1) is 18.5. The van der Waals surface area contributed by atoms with Crippen molar-refractivity contribution in [3.8, 4) is 18.1 Å². The largest absolute Gasteiger partial charge is 0.573 e. The van der Waals surface area contributed by atoms with E-state index in [0.717, 1.165) is 17.5 Å². The number of hydrazine groups is 1. The second-order valence-electron chi connectivity index (χ2n) is 6.41. The molecule has 0 aromatic heterocycles. The van der Waals surface area contributed by atoms with Gasteiger partial charge in [0.2, 0.25) is 0 Å². The first-order valence-electron chi connectivity index (χ1n) is 7.70. The zero-order valence-corrected chi connectivity index (χ0v) is 14.8. The summed E-state index contributed by atoms with van der Waals surface area (Å²) < 4.78 is 41.2. The molecule has 0 aliphatic carbocycles. The highest BCUT2D eigenvalue weighted by Gasteiger charge is 2.42. The zero-order chi connectivity index (χ0) is 19.1. The van der Waals surface area contributed by atoms with E-state index in [1.807, 2.05) is 13.8 Å². The summed E-state index contributed by atoms with van der Waals surface area (Å²) in [7, 11) is 0. The van der Waals surface area contributed by atoms with Gasteiger partial charge in [-0.3, -0.25) is 9.80 Å². The maximum absolute atomic E-state index is 12.9. The third-order valence-electron chi connectivity index (χ3n) is 3.91. The number of anilines is 1. The van der Waals surface area contributed by atoms with E-state index in [4.69, 9.17) is 6.42 Å². The van der Waals surface area contributed by atoms with Crippen molar-refractivity contribution >= 4 is 23.4 Å². The van der Waals surface area contributed by atoms with Crippen LogP contribution in [-0.2, 0) is 4.79 Å². The van der Waals surface area contributed by atoms with E-state index in [2.05, 4.69) is 21.4 Å². The molecule has 5 nitrogen and oxygen atoms in total. The van der Waals surface area contributed by atoms with Crippen LogP contribution < -0.4 is 15.5 Å². The van der Waals surface area contributed by atoms with Crippen LogP contribution in [0, 0.1) is 12.3 Å². The average Bonchev–Trinajstić information content (AvgIpc) is 2.51. The van der Waals surface area contributed by atoms with Gasteiger partial charge in [0, 0.05) is 17.0 Å². The van der Waals surface area contributed by atoms with Crippen molar-refractivity contribution in [2.24, 2.45) is 0 Å². The van der Waals surface area contributed by atoms with Crippen molar-refractivity contribution in [2.45, 2.75) is 37.1 Å². The average molecular weight is 383 g/mol. The Morgan fingerprint density at radius 1 is 1.46 bits per heavy atom. The van der Waals surface area contributed by atoms with Crippen molar-refractivity contribution in [3.05, 3.63) is 28.8 Å². The van der Waals surface area contributed by atoms with E-state index in [0.29, 0.717) is 21.9 Å². The van der Waals surface area contributed by atoms with E-state index in [1.165, 1.54) is 23.2 Å². The minimum absolute atomic E-state index is 0.191. The van der Waals surface area contributed by atoms with Gasteiger partial charge in [-0.1, -0.05) is 17.7 Å². The Hall–Kier alpha value is -2.31. The van der Waals surface area contributed by atoms with Crippen LogP contribution in [0.2, 0.25) is 0 Å². The van der Waals surface area contributed by atoms with Crippen LogP contribution in [0.3, 0.4) is 0 Å². The van der Waals surface area contributed by atoms with E-state index in [-0.39, 0.29) is 18.2 Å². The predicted octanol–water partition coefficient (Wildman–Crippen LogP) is 3.46. The molecule has 0 fully saturated rings. The van der Waals surface area contributed by atoms with E-state index in [9.17, 15) is 18.0 Å². The number of alkyl halides is 3. The summed E-state index contributed by atoms with van der Waals surface area (Å²) in [5, 5.41) is 4.63. The number of carbonyl (C=O) groups excluding carboxylic acids is 1. The Balaban J connectivity index is 1.89. The normalized spacial score (nSPS) is 18.6. The smallest absolute Gasteiger partial charge is 0.406 e. The molecule has 0 bridgehead atoms. The molecule has 0 spiro atoms. The summed E-state index contributed by atoms with van der Waals surface area (Å²) in [6.45, 7) is 4.00. The van der Waals surface area contributed by atoms with Crippen LogP contribution in [0.4, 0.5) is 18.9 Å². The third kappa shape index (κ3) is 3.61. The van der Waals surface area contributed by atoms with Crippen molar-refractivity contribution in [2.75, 3.05) is 11.9 Å². The SMILES string of the molecule is C#CCNN1C(=O)C2=C(CC1(C)C)Nc1ccc(OC(F)(F)F)cc1S2. The van der Waals surface area contributed by atoms with Crippen LogP contribution >= 0.6 is 11.8 Å². The van der Waals surface area contributed by atoms with Crippen LogP contribution in [0.25, 0.3) is 0 Å². The molecule has 0 atom stereocenters. The molecule has 1 aromatic carbocycles. The fourth-order valence-electron chi connectivity index (χ4n) is 2.87. The van der Waals surface area contributed by atoms with Gasteiger partial charge in [0.25, 0.3) is 5.91 Å². The lowest BCUT2D eigenvalue weighted by molar-refractivity contribution is -0.274. The molecule has 0 unspecified atom stereocenters. The van der Waals surface area contributed by atoms with Gasteiger partial charge in [-0.05, 0) is 32.0 Å². The Labute approximate surface area is 152 Å². The first-order chi connectivity index (χ1) is 12.1. The van der Waals surface area contributed by atoms with Gasteiger partial charge >= 0.3 is 6.36 Å². The summed E-state index contributed by atoms with van der Waals surface area (Å²) in [4.78, 5) is 13.8. The van der Waals surface area contributed by atoms with Crippen molar-refractivity contribution < 1.29 is 22.7 Å². The molecule has 2 aliphatic rings. The maximum Gasteiger partial charge on any atom is 0.573 e. The monoisotopic (exact) mass is 383 g/mol. The Morgan fingerprint density at radius 3 is 2.85 bits per heavy atom. The number of halogens is 3. The molecule has 0 saturated heterocycles. The standard InChI is InChI=1S/C17H16F3N3O2S/c1-4-7-21-23-15(24)14-12(9-16(23,2)3)22-11-6-5-10(8-13(11)26-14)25-17(18,19)20/h1,5-6,8,21-22H,7,9H2,2-3H3. The zero-order valence-electron chi connectivity index (χ0n) is 14.0. The minimum atomic E-state index is -4.77. The molecule has 2 N–H and O–H groups in total. The van der Waals surface area contributed by atoms with E-state index < -0.39 is 11.9 Å². The maximum atomic E-state index is 12.9. The number of fused-ring (bicyclic) bond motifs is 1. The lowest BCUT2D eigenvalue weighted by atomic mass is 9.93. The first-order valence-corrected chi connectivity index (χ1v) is 8.52. The van der Waals surface area contributed by atoms with Gasteiger partial charge in [0.1, 0.15) is 5.75 Å². The van der Waals surface area contributed by atoms with E-state index in [1.54, 1.807) is 0 Å². The third-order valence-corrected chi connectivity index (χ3v) is 5.09. The second-order valence-corrected chi connectivity index (χ2v) is 7.46. The number of ether oxygens (including phenoxy) is 1. The van der Waals surface area contributed by atoms with Gasteiger partial charge in [-0.25, -0.2) is 5.43 Å². The molecular formula is C17H16F3N3O2S. The van der Waals surface area contributed by atoms with Gasteiger partial charge in [-0.15, -0.1) is 19.6 Å². The predicted molar refractivity (Wildman–Crippen MR) is 92.0 cm³/mol. The van der Waals surface area contributed by atoms with Gasteiger partial charge < -0.3 is 10.1 Å². The molecular weight excluding hydrogens is 367 g/mol. The number of hydrogen-bond donors (Lipinski definition) is 2. The fourth-order valence-corrected chi connectivity index (χ4v) is 3.92. The number of nitrogens with one attached hydrogen (secondary N) is 2. The van der Waals surface area contributed by atoms with Crippen LogP contribution in [-0.4, -0.2) is 29.4 Å². The molecule has 2 aliphatic heterocycles. The molecule has 26 heavy (non-hydrogen) atoms. The van der Waals surface area contributed by atoms with Crippen LogP contribution in [0.15, 0.2) is 33.7 Å². The quantitative estimate of drug-likeness (QED) is 0.783. The number of amides is 1. The highest BCUT2D eigenvalue weighted by Crippen LogP contribution is 2.47. The minimum Gasteiger partial charge on any atom is -0.406 e. The molecule has 138 valence electrons. The summed E-state index contributed by atoms with van der Waals surface area (Å²) >= 11 is 1.11. The van der Waals surface area contributed by atoms with Crippen molar-refractivity contribution in [1.29, 1.82) is 0 Å². The Morgan fingerprint density at radius 2 is 2.19 bits per heavy atom. The lowest BCUT2D eigenvalue weighted by Crippen LogP contribution is -2.58. The Kier molecular flexibility index (Phi) is 4.58. The van der Waals surface area contributed by atoms with E-state index >= 15 is 0 Å². The van der Waals surface area contributed by atoms with Crippen molar-refractivity contribution in [3.63, 3.8) is 0 Å². The molecule has 0 radical (unpaired) electrons. The number of terminal acetylenes is 1. The molecule has 3 rings (SSSR count). The number of thioether (sulfide) groups is 1. The summed E-state index contributed by atoms with van der Waals surface area (Å²) in [6, 6.07) is 4.01. The second kappa shape index (κ2) is 6.45. The van der Waals surface area contributed by atoms with Crippen LogP contribution in [0.1, 0.15) is 20.3 Å².